The first-order valence-electron chi connectivity index (χ1n) is 43.9. The fourth-order valence-corrected chi connectivity index (χ4v) is 16.9. The summed E-state index contributed by atoms with van der Waals surface area (Å²) in [6, 6.07) is 19.3. The predicted octanol–water partition coefficient (Wildman–Crippen LogP) is 30.3. The third kappa shape index (κ3) is 50.9. The van der Waals surface area contributed by atoms with Gasteiger partial charge in [0.25, 0.3) is 0 Å². The van der Waals surface area contributed by atoms with E-state index in [0.29, 0.717) is 10.8 Å². The minimum absolute atomic E-state index is 0. The van der Waals surface area contributed by atoms with E-state index < -0.39 is 20.2 Å². The Labute approximate surface area is 667 Å². The van der Waals surface area contributed by atoms with Crippen LogP contribution in [0.5, 0.6) is 0 Å². The van der Waals surface area contributed by atoms with Crippen LogP contribution in [0.1, 0.15) is 461 Å². The van der Waals surface area contributed by atoms with Gasteiger partial charge in [-0.2, -0.15) is 0 Å². The van der Waals surface area contributed by atoms with E-state index >= 15 is 0 Å². The number of unbranched alkanes of at least 4 members (excludes halogenated alkanes) is 60. The van der Waals surface area contributed by atoms with E-state index in [9.17, 15) is 25.9 Å². The summed E-state index contributed by atoms with van der Waals surface area (Å²) in [7, 11) is -9.03. The zero-order chi connectivity index (χ0) is 71.9. The molecule has 0 spiro atoms. The Kier molecular flexibility index (Phi) is 63.5. The molecule has 4 aromatic carbocycles. The van der Waals surface area contributed by atoms with Crippen molar-refractivity contribution in [2.24, 2.45) is 0 Å². The summed E-state index contributed by atoms with van der Waals surface area (Å²) in [6.07, 6.45) is 90.5. The molecule has 0 radical (unpaired) electrons. The standard InChI is InChI=1S/2C46H80O3S.Ba/c2*1-3-5-7-9-11-13-15-17-19-21-23-25-27-29-31-33-35-42-37-39-44-43(38-40-46(45(44)41-42)50(47,48)49)36-34-32-30-28-26-24-22-20-18-16-14-12-10-8-6-4-2;/h2*37-41H,3-36H2,1-2H3,(H,47,48,49);/q;;+2/p-2. The second-order valence-corrected chi connectivity index (χ2v) is 34.0. The molecule has 0 aliphatic rings. The van der Waals surface area contributed by atoms with E-state index in [1.54, 1.807) is 12.1 Å². The second kappa shape index (κ2) is 67.0. The van der Waals surface area contributed by atoms with Crippen LogP contribution in [0.25, 0.3) is 21.5 Å². The van der Waals surface area contributed by atoms with Crippen molar-refractivity contribution in [1.29, 1.82) is 0 Å². The molecular weight excluding hydrogens is 1400 g/mol. The summed E-state index contributed by atoms with van der Waals surface area (Å²) < 4.78 is 72.9. The molecule has 0 fully saturated rings. The van der Waals surface area contributed by atoms with E-state index in [0.717, 1.165) is 73.3 Å². The minimum Gasteiger partial charge on any atom is -0.744 e. The van der Waals surface area contributed by atoms with Gasteiger partial charge >= 0.3 is 48.9 Å². The maximum atomic E-state index is 12.1. The van der Waals surface area contributed by atoms with Crippen molar-refractivity contribution in [1.82, 2.24) is 0 Å². The molecule has 9 heteroatoms. The van der Waals surface area contributed by atoms with Gasteiger partial charge in [0.05, 0.1) is 9.79 Å². The van der Waals surface area contributed by atoms with Gasteiger partial charge < -0.3 is 9.11 Å². The summed E-state index contributed by atoms with van der Waals surface area (Å²) in [5, 5.41) is 3.14. The van der Waals surface area contributed by atoms with Gasteiger partial charge in [-0.3, -0.25) is 0 Å². The first-order chi connectivity index (χ1) is 48.9. The van der Waals surface area contributed by atoms with Crippen molar-refractivity contribution in [3.05, 3.63) is 82.9 Å². The molecule has 4 rings (SSSR count). The van der Waals surface area contributed by atoms with E-state index in [2.05, 4.69) is 52.0 Å². The van der Waals surface area contributed by atoms with Crippen LogP contribution in [0, 0.1) is 0 Å². The zero-order valence-electron chi connectivity index (χ0n) is 66.8. The Morgan fingerprint density at radius 3 is 0.554 bits per heavy atom. The first-order valence-corrected chi connectivity index (χ1v) is 46.8. The molecule has 101 heavy (non-hydrogen) atoms. The second-order valence-electron chi connectivity index (χ2n) is 31.3. The Morgan fingerprint density at radius 1 is 0.208 bits per heavy atom. The van der Waals surface area contributed by atoms with Gasteiger partial charge in [0.1, 0.15) is 20.2 Å². The number of fused-ring (bicyclic) bond motifs is 2. The quantitative estimate of drug-likeness (QED) is 0.0247. The number of hydrogen-bond acceptors (Lipinski definition) is 6. The van der Waals surface area contributed by atoms with Crippen LogP contribution in [-0.4, -0.2) is 74.8 Å². The Bertz CT molecular complexity index is 2570. The van der Waals surface area contributed by atoms with Gasteiger partial charge in [0, 0.05) is 0 Å². The fraction of sp³-hybridized carbons (Fsp3) is 0.783. The molecule has 0 N–H and O–H groups in total. The molecule has 0 bridgehead atoms. The largest absolute Gasteiger partial charge is 2.00 e. The summed E-state index contributed by atoms with van der Waals surface area (Å²) in [5.41, 5.74) is 4.64. The Morgan fingerprint density at radius 2 is 0.376 bits per heavy atom. The van der Waals surface area contributed by atoms with E-state index in [-0.39, 0.29) is 58.7 Å². The third-order valence-electron chi connectivity index (χ3n) is 22.0. The van der Waals surface area contributed by atoms with Crippen LogP contribution in [0.3, 0.4) is 0 Å². The maximum absolute atomic E-state index is 12.1. The average Bonchev–Trinajstić information content (AvgIpc) is 0.787. The van der Waals surface area contributed by atoms with Gasteiger partial charge in [-0.15, -0.1) is 0 Å². The summed E-state index contributed by atoms with van der Waals surface area (Å²) in [6.45, 7) is 9.14. The van der Waals surface area contributed by atoms with Crippen molar-refractivity contribution < 1.29 is 25.9 Å². The molecule has 4 aromatic rings. The normalized spacial score (nSPS) is 11.9. The SMILES string of the molecule is CCCCCCCCCCCCCCCCCCc1ccc2c(CCCCCCCCCCCCCCCCCC)ccc(S(=O)(=O)[O-])c2c1.CCCCCCCCCCCCCCCCCCc1ccc2c(CCCCCCCCCCCCCCCCCC)ccc(S(=O)(=O)[O-])c2c1.[Ba+2]. The van der Waals surface area contributed by atoms with Crippen LogP contribution < -0.4 is 0 Å². The molecule has 0 atom stereocenters. The average molecular weight is 1560 g/mol. The minimum atomic E-state index is -4.52. The van der Waals surface area contributed by atoms with Crippen molar-refractivity contribution >= 4 is 90.7 Å². The van der Waals surface area contributed by atoms with Crippen LogP contribution >= 0.6 is 0 Å². The molecule has 0 saturated carbocycles. The summed E-state index contributed by atoms with van der Waals surface area (Å²) in [4.78, 5) is -0.117. The molecule has 0 aliphatic carbocycles. The summed E-state index contributed by atoms with van der Waals surface area (Å²) in [5.74, 6) is 0. The van der Waals surface area contributed by atoms with Crippen LogP contribution in [0.2, 0.25) is 0 Å². The van der Waals surface area contributed by atoms with Gasteiger partial charge in [-0.1, -0.05) is 449 Å². The number of rotatable bonds is 70. The molecule has 0 aliphatic heterocycles. The first kappa shape index (κ1) is 95.9. The molecular formula is C92H158BaO6S2. The third-order valence-corrected chi connectivity index (χ3v) is 23.8. The van der Waals surface area contributed by atoms with Crippen molar-refractivity contribution in [2.75, 3.05) is 0 Å². The number of benzene rings is 4. The van der Waals surface area contributed by atoms with Crippen molar-refractivity contribution in [3.63, 3.8) is 0 Å². The zero-order valence-corrected chi connectivity index (χ0v) is 72.9. The Balaban J connectivity index is 0.000000680. The molecule has 576 valence electrons. The fourth-order valence-electron chi connectivity index (χ4n) is 15.5. The van der Waals surface area contributed by atoms with Crippen LogP contribution in [0.4, 0.5) is 0 Å². The number of hydrogen-bond donors (Lipinski definition) is 0. The molecule has 0 unspecified atom stereocenters. The van der Waals surface area contributed by atoms with E-state index in [1.165, 1.54) is 396 Å². The molecule has 0 aromatic heterocycles. The van der Waals surface area contributed by atoms with E-state index in [4.69, 9.17) is 0 Å². The molecule has 0 heterocycles. The smallest absolute Gasteiger partial charge is 0.744 e. The van der Waals surface area contributed by atoms with Gasteiger partial charge in [0.2, 0.25) is 0 Å². The van der Waals surface area contributed by atoms with Gasteiger partial charge in [-0.05, 0) is 119 Å². The topological polar surface area (TPSA) is 114 Å². The van der Waals surface area contributed by atoms with Crippen LogP contribution in [0.15, 0.2) is 70.5 Å². The molecule has 0 amide bonds. The molecule has 0 saturated heterocycles. The maximum Gasteiger partial charge on any atom is 2.00 e. The van der Waals surface area contributed by atoms with E-state index in [1.807, 2.05) is 24.3 Å². The van der Waals surface area contributed by atoms with Crippen LogP contribution in [-0.2, 0) is 45.9 Å². The van der Waals surface area contributed by atoms with Gasteiger partial charge in [0.15, 0.2) is 0 Å². The predicted molar refractivity (Wildman–Crippen MR) is 443 cm³/mol. The van der Waals surface area contributed by atoms with Crippen molar-refractivity contribution in [3.8, 4) is 0 Å². The monoisotopic (exact) mass is 1560 g/mol. The Hall–Kier alpha value is -1.21. The summed E-state index contributed by atoms with van der Waals surface area (Å²) >= 11 is 0. The van der Waals surface area contributed by atoms with Crippen molar-refractivity contribution in [2.45, 2.75) is 474 Å². The molecule has 6 nitrogen and oxygen atoms in total. The number of aryl methyl sites for hydroxylation is 4. The van der Waals surface area contributed by atoms with Gasteiger partial charge in [-0.25, -0.2) is 16.8 Å².